The van der Waals surface area contributed by atoms with Crippen molar-refractivity contribution in [3.05, 3.63) is 52.4 Å². The number of carbonyl (C=O) groups excluding carboxylic acids is 2. The number of nitrogens with one attached hydrogen (secondary N) is 2. The Morgan fingerprint density at radius 1 is 1.03 bits per heavy atom. The second-order valence-corrected chi connectivity index (χ2v) is 7.68. The number of aromatic nitrogens is 1. The third-order valence-corrected chi connectivity index (χ3v) is 5.68. The van der Waals surface area contributed by atoms with E-state index in [0.717, 1.165) is 12.1 Å². The topological polar surface area (TPSA) is 130 Å². The summed E-state index contributed by atoms with van der Waals surface area (Å²) in [5.41, 5.74) is 1.01. The van der Waals surface area contributed by atoms with Crippen molar-refractivity contribution in [3.8, 4) is 5.75 Å². The Morgan fingerprint density at radius 2 is 1.77 bits per heavy atom. The van der Waals surface area contributed by atoms with Gasteiger partial charge in [0, 0.05) is 31.2 Å². The van der Waals surface area contributed by atoms with Crippen LogP contribution in [-0.4, -0.2) is 52.7 Å². The maximum absolute atomic E-state index is 13.0. The lowest BCUT2D eigenvalue weighted by Gasteiger charge is -2.42. The van der Waals surface area contributed by atoms with Gasteiger partial charge in [0.25, 0.3) is 5.56 Å². The molecule has 1 saturated heterocycles. The van der Waals surface area contributed by atoms with E-state index in [1.807, 2.05) is 0 Å². The highest BCUT2D eigenvalue weighted by molar-refractivity contribution is 6.31. The van der Waals surface area contributed by atoms with Crippen LogP contribution in [0.1, 0.15) is 18.0 Å². The van der Waals surface area contributed by atoms with Crippen molar-refractivity contribution in [1.82, 2.24) is 9.47 Å². The van der Waals surface area contributed by atoms with Crippen molar-refractivity contribution >= 4 is 29.3 Å². The van der Waals surface area contributed by atoms with Gasteiger partial charge < -0.3 is 29.9 Å². The number of fused-ring (bicyclic) bond motifs is 4. The van der Waals surface area contributed by atoms with Crippen LogP contribution in [0.25, 0.3) is 0 Å². The van der Waals surface area contributed by atoms with Gasteiger partial charge in [-0.1, -0.05) is 12.1 Å². The minimum Gasteiger partial charge on any atom is -0.495 e. The fourth-order valence-corrected chi connectivity index (χ4v) is 4.37. The summed E-state index contributed by atoms with van der Waals surface area (Å²) < 4.78 is 6.82. The van der Waals surface area contributed by atoms with Gasteiger partial charge in [-0.15, -0.1) is 0 Å². The molecule has 2 atom stereocenters. The molecule has 10 nitrogen and oxygen atoms in total. The van der Waals surface area contributed by atoms with Crippen LogP contribution in [0.3, 0.4) is 0 Å². The highest BCUT2D eigenvalue weighted by Crippen LogP contribution is 2.35. The maximum Gasteiger partial charge on any atom is 0.394 e. The van der Waals surface area contributed by atoms with Crippen molar-refractivity contribution in [2.45, 2.75) is 18.9 Å². The number of benzene rings is 1. The highest BCUT2D eigenvalue weighted by atomic mass is 16.5. The summed E-state index contributed by atoms with van der Waals surface area (Å²) in [6.45, 7) is 0.902. The Bertz CT molecular complexity index is 1110. The Kier molecular flexibility index (Phi) is 5.37. The molecule has 3 heterocycles. The van der Waals surface area contributed by atoms with Crippen LogP contribution in [0, 0.1) is 5.92 Å². The quantitative estimate of drug-likeness (QED) is 0.638. The molecule has 3 N–H and O–H groups in total. The van der Waals surface area contributed by atoms with E-state index in [9.17, 15) is 19.2 Å². The van der Waals surface area contributed by atoms with E-state index in [0.29, 0.717) is 24.5 Å². The third-order valence-electron chi connectivity index (χ3n) is 5.68. The van der Waals surface area contributed by atoms with E-state index in [4.69, 9.17) is 9.84 Å². The van der Waals surface area contributed by atoms with E-state index >= 15 is 0 Å². The number of methoxy groups -OCH3 is 1. The second kappa shape index (κ2) is 8.13. The molecule has 4 rings (SSSR count). The summed E-state index contributed by atoms with van der Waals surface area (Å²) in [4.78, 5) is 49.7. The van der Waals surface area contributed by atoms with Crippen LogP contribution in [-0.2, 0) is 16.1 Å². The fourth-order valence-electron chi connectivity index (χ4n) is 4.37. The average molecular weight is 426 g/mol. The molecule has 2 aliphatic heterocycles. The number of para-hydroxylation sites is 2. The lowest BCUT2D eigenvalue weighted by atomic mass is 9.83. The summed E-state index contributed by atoms with van der Waals surface area (Å²) in [7, 11) is 1.50. The number of ether oxygens (including phenoxy) is 1. The van der Waals surface area contributed by atoms with Crippen LogP contribution in [0.15, 0.2) is 41.2 Å². The van der Waals surface area contributed by atoms with Crippen LogP contribution in [0.5, 0.6) is 5.75 Å². The van der Waals surface area contributed by atoms with Crippen molar-refractivity contribution in [2.24, 2.45) is 5.92 Å². The minimum atomic E-state index is -1.47. The van der Waals surface area contributed by atoms with Gasteiger partial charge >= 0.3 is 17.9 Å². The molecule has 0 spiro atoms. The minimum absolute atomic E-state index is 0.0232. The summed E-state index contributed by atoms with van der Waals surface area (Å²) in [6, 6.07) is 9.63. The van der Waals surface area contributed by atoms with Crippen molar-refractivity contribution in [1.29, 1.82) is 0 Å². The predicted molar refractivity (Wildman–Crippen MR) is 111 cm³/mol. The monoisotopic (exact) mass is 426 g/mol. The van der Waals surface area contributed by atoms with Gasteiger partial charge in [0.1, 0.15) is 11.4 Å². The van der Waals surface area contributed by atoms with Gasteiger partial charge in [-0.25, -0.2) is 9.59 Å². The van der Waals surface area contributed by atoms with E-state index in [2.05, 4.69) is 10.6 Å². The smallest absolute Gasteiger partial charge is 0.394 e. The first-order chi connectivity index (χ1) is 14.9. The molecule has 162 valence electrons. The number of piperidine rings is 1. The number of amides is 3. The zero-order chi connectivity index (χ0) is 22.1. The van der Waals surface area contributed by atoms with Crippen molar-refractivity contribution < 1.29 is 24.2 Å². The maximum atomic E-state index is 13.0. The van der Waals surface area contributed by atoms with Gasteiger partial charge in [0.05, 0.1) is 12.8 Å². The molecule has 1 aromatic heterocycles. The molecule has 10 heteroatoms. The third kappa shape index (κ3) is 3.96. The number of anilines is 2. The van der Waals surface area contributed by atoms with Crippen LogP contribution in [0.4, 0.5) is 16.2 Å². The normalized spacial score (nSPS) is 19.2. The van der Waals surface area contributed by atoms with Crippen molar-refractivity contribution in [2.75, 3.05) is 30.8 Å². The van der Waals surface area contributed by atoms with E-state index < -0.39 is 17.9 Å². The number of carboxylic acids is 1. The molecule has 1 fully saturated rings. The second-order valence-electron chi connectivity index (χ2n) is 7.68. The first kappa shape index (κ1) is 20.5. The Balaban J connectivity index is 1.53. The molecular formula is C21H22N4O6. The molecule has 3 amide bonds. The van der Waals surface area contributed by atoms with Gasteiger partial charge in [0.2, 0.25) is 0 Å². The molecule has 0 unspecified atom stereocenters. The molecule has 2 aliphatic rings. The summed E-state index contributed by atoms with van der Waals surface area (Å²) >= 11 is 0. The van der Waals surface area contributed by atoms with Gasteiger partial charge in [0.15, 0.2) is 0 Å². The van der Waals surface area contributed by atoms with E-state index in [1.54, 1.807) is 34.9 Å². The lowest BCUT2D eigenvalue weighted by Crippen LogP contribution is -2.51. The predicted octanol–water partition coefficient (Wildman–Crippen LogP) is 1.53. The van der Waals surface area contributed by atoms with Crippen LogP contribution in [0.2, 0.25) is 0 Å². The summed E-state index contributed by atoms with van der Waals surface area (Å²) in [5.74, 6) is -2.05. The first-order valence-electron chi connectivity index (χ1n) is 9.84. The van der Waals surface area contributed by atoms with Crippen LogP contribution >= 0.6 is 0 Å². The van der Waals surface area contributed by atoms with Crippen molar-refractivity contribution in [3.63, 3.8) is 0 Å². The Hall–Kier alpha value is -3.82. The van der Waals surface area contributed by atoms with Gasteiger partial charge in [-0.2, -0.15) is 0 Å². The zero-order valence-electron chi connectivity index (χ0n) is 16.8. The number of hydrogen-bond donors (Lipinski definition) is 3. The van der Waals surface area contributed by atoms with Crippen LogP contribution < -0.4 is 20.9 Å². The number of likely N-dealkylation sites (tertiary alicyclic amines) is 1. The zero-order valence-corrected chi connectivity index (χ0v) is 16.8. The number of carboxylic acid groups (broad SMARTS) is 1. The van der Waals surface area contributed by atoms with Gasteiger partial charge in [-0.05, 0) is 36.6 Å². The molecule has 0 aliphatic carbocycles. The number of carbonyl (C=O) groups is 3. The number of urea groups is 1. The lowest BCUT2D eigenvalue weighted by molar-refractivity contribution is -0.157. The van der Waals surface area contributed by atoms with E-state index in [1.165, 1.54) is 18.1 Å². The molecule has 31 heavy (non-hydrogen) atoms. The Morgan fingerprint density at radius 3 is 2.52 bits per heavy atom. The SMILES string of the molecule is COc1ccccc1NC(=O)Nc1ccc2n(c1=O)C[C@H]1C[C@@H]2CN(C(=O)C(=O)O)C1. The average Bonchev–Trinajstić information content (AvgIpc) is 2.75. The standard InChI is InChI=1S/C21H22N4O6/c1-31-17-5-3-2-4-14(17)22-21(30)23-15-6-7-16-13-8-12(10-25(16)18(15)26)9-24(11-13)19(27)20(28)29/h2-7,12-13H,8-11H2,1H3,(H,28,29)(H2,22,23,30)/t12-,13+/m0/s1. The van der Waals surface area contributed by atoms with E-state index in [-0.39, 0.29) is 29.6 Å². The molecule has 1 aromatic carbocycles. The largest absolute Gasteiger partial charge is 0.495 e. The molecule has 0 radical (unpaired) electrons. The Labute approximate surface area is 177 Å². The molecule has 0 saturated carbocycles. The summed E-state index contributed by atoms with van der Waals surface area (Å²) in [5, 5.41) is 14.2. The highest BCUT2D eigenvalue weighted by Gasteiger charge is 2.38. The number of nitrogens with zero attached hydrogens (tertiary/aromatic N) is 2. The number of aliphatic carboxylic acids is 1. The molecular weight excluding hydrogens is 404 g/mol. The number of hydrogen-bond acceptors (Lipinski definition) is 5. The molecule has 2 aromatic rings. The van der Waals surface area contributed by atoms with Gasteiger partial charge in [-0.3, -0.25) is 9.59 Å². The summed E-state index contributed by atoms with van der Waals surface area (Å²) in [6.07, 6.45) is 0.782. The molecule has 2 bridgehead atoms. The fraction of sp³-hybridized carbons (Fsp3) is 0.333. The number of rotatable bonds is 3. The number of pyridine rings is 1. The first-order valence-corrected chi connectivity index (χ1v) is 9.84.